The molecule has 22 heavy (non-hydrogen) atoms. The van der Waals surface area contributed by atoms with Crippen LogP contribution in [0.3, 0.4) is 0 Å². The highest BCUT2D eigenvalue weighted by molar-refractivity contribution is 8.00. The van der Waals surface area contributed by atoms with Gasteiger partial charge in [0, 0.05) is 16.4 Å². The highest BCUT2D eigenvalue weighted by Crippen LogP contribution is 2.18. The molecule has 0 fully saturated rings. The van der Waals surface area contributed by atoms with Crippen LogP contribution in [0.2, 0.25) is 0 Å². The van der Waals surface area contributed by atoms with E-state index in [-0.39, 0.29) is 0 Å². The molecule has 0 amide bonds. The lowest BCUT2D eigenvalue weighted by atomic mass is 10.3. The van der Waals surface area contributed by atoms with E-state index in [4.69, 9.17) is 0 Å². The van der Waals surface area contributed by atoms with Crippen molar-refractivity contribution in [2.75, 3.05) is 11.5 Å². The van der Waals surface area contributed by atoms with Crippen molar-refractivity contribution >= 4 is 22.6 Å². The van der Waals surface area contributed by atoms with E-state index in [1.807, 2.05) is 60.7 Å². The highest BCUT2D eigenvalue weighted by Gasteiger charge is 2.10. The van der Waals surface area contributed by atoms with Crippen molar-refractivity contribution in [2.45, 2.75) is 10.1 Å². The summed E-state index contributed by atoms with van der Waals surface area (Å²) in [4.78, 5) is 0.853. The maximum atomic E-state index is 12.2. The molecule has 1 aromatic heterocycles. The minimum Gasteiger partial charge on any atom is -0.254 e. The second-order valence-corrected chi connectivity index (χ2v) is 7.05. The Bertz CT molecular complexity index is 747. The maximum Gasteiger partial charge on any atom is 0.214 e. The van der Waals surface area contributed by atoms with Gasteiger partial charge in [-0.05, 0) is 34.7 Å². The molecule has 0 aliphatic heterocycles. The van der Waals surface area contributed by atoms with E-state index in [0.29, 0.717) is 16.7 Å². The van der Waals surface area contributed by atoms with Crippen LogP contribution in [0, 0.1) is 0 Å². The monoisotopic (exact) mass is 330 g/mol. The van der Waals surface area contributed by atoms with E-state index in [1.54, 1.807) is 4.68 Å². The molecular formula is C15H14N4OS2. The van der Waals surface area contributed by atoms with E-state index < -0.39 is 10.8 Å². The van der Waals surface area contributed by atoms with Crippen LogP contribution in [-0.2, 0) is 10.8 Å². The Morgan fingerprint density at radius 2 is 1.68 bits per heavy atom. The molecule has 0 spiro atoms. The summed E-state index contributed by atoms with van der Waals surface area (Å²) in [5.41, 5.74) is 0.916. The van der Waals surface area contributed by atoms with E-state index in [0.717, 1.165) is 10.6 Å². The van der Waals surface area contributed by atoms with E-state index in [1.165, 1.54) is 11.8 Å². The van der Waals surface area contributed by atoms with Crippen molar-refractivity contribution < 1.29 is 4.21 Å². The van der Waals surface area contributed by atoms with Crippen molar-refractivity contribution in [1.82, 2.24) is 20.2 Å². The van der Waals surface area contributed by atoms with E-state index >= 15 is 0 Å². The number of rotatable bonds is 6. The Hall–Kier alpha value is -1.99. The van der Waals surface area contributed by atoms with Gasteiger partial charge in [0.1, 0.15) is 0 Å². The quantitative estimate of drug-likeness (QED) is 0.650. The third-order valence-electron chi connectivity index (χ3n) is 2.95. The molecule has 1 atom stereocenters. The third kappa shape index (κ3) is 3.61. The molecule has 3 aromatic rings. The van der Waals surface area contributed by atoms with Gasteiger partial charge in [0.15, 0.2) is 0 Å². The van der Waals surface area contributed by atoms with Crippen LogP contribution in [0.4, 0.5) is 0 Å². The molecule has 0 N–H and O–H groups in total. The Balaban J connectivity index is 1.61. The number of benzene rings is 2. The molecule has 0 saturated heterocycles. The molecule has 0 radical (unpaired) electrons. The predicted octanol–water partition coefficient (Wildman–Crippen LogP) is 2.56. The molecule has 1 unspecified atom stereocenters. The van der Waals surface area contributed by atoms with Gasteiger partial charge in [0.05, 0.1) is 16.5 Å². The summed E-state index contributed by atoms with van der Waals surface area (Å²) in [5.74, 6) is 1.26. The number of tetrazole rings is 1. The van der Waals surface area contributed by atoms with Crippen molar-refractivity contribution in [3.63, 3.8) is 0 Å². The molecule has 0 aliphatic rings. The summed E-state index contributed by atoms with van der Waals surface area (Å²) in [7, 11) is -0.995. The summed E-state index contributed by atoms with van der Waals surface area (Å²) in [6, 6.07) is 19.2. The fourth-order valence-corrected chi connectivity index (χ4v) is 4.08. The Kier molecular flexibility index (Phi) is 4.97. The van der Waals surface area contributed by atoms with Crippen LogP contribution in [0.5, 0.6) is 0 Å². The zero-order valence-electron chi connectivity index (χ0n) is 11.7. The Morgan fingerprint density at radius 1 is 1.00 bits per heavy atom. The van der Waals surface area contributed by atoms with Gasteiger partial charge in [0.2, 0.25) is 5.16 Å². The molecule has 5 nitrogen and oxygen atoms in total. The van der Waals surface area contributed by atoms with Crippen LogP contribution < -0.4 is 0 Å². The standard InChI is InChI=1S/C15H14N4OS2/c20-22(14-9-5-2-6-10-14)12-11-21-15-16-17-18-19(15)13-7-3-1-4-8-13/h1-10H,11-12H2. The molecule has 7 heteroatoms. The highest BCUT2D eigenvalue weighted by atomic mass is 32.2. The average molecular weight is 330 g/mol. The lowest BCUT2D eigenvalue weighted by Gasteiger charge is -2.04. The topological polar surface area (TPSA) is 60.7 Å². The minimum atomic E-state index is -0.995. The normalized spacial score (nSPS) is 12.2. The van der Waals surface area contributed by atoms with Gasteiger partial charge in [0.25, 0.3) is 0 Å². The first-order valence-electron chi connectivity index (χ1n) is 6.74. The molecule has 2 aromatic carbocycles. The molecule has 0 bridgehead atoms. The zero-order chi connectivity index (χ0) is 15.2. The number of para-hydroxylation sites is 1. The molecule has 3 rings (SSSR count). The molecular weight excluding hydrogens is 316 g/mol. The van der Waals surface area contributed by atoms with Crippen molar-refractivity contribution in [3.05, 3.63) is 60.7 Å². The molecule has 0 aliphatic carbocycles. The Labute approximate surface area is 135 Å². The van der Waals surface area contributed by atoms with Gasteiger partial charge < -0.3 is 0 Å². The first kappa shape index (κ1) is 14.9. The van der Waals surface area contributed by atoms with Crippen LogP contribution >= 0.6 is 11.8 Å². The van der Waals surface area contributed by atoms with Gasteiger partial charge in [-0.2, -0.15) is 4.68 Å². The van der Waals surface area contributed by atoms with Crippen LogP contribution in [0.25, 0.3) is 5.69 Å². The van der Waals surface area contributed by atoms with Crippen molar-refractivity contribution in [2.24, 2.45) is 0 Å². The van der Waals surface area contributed by atoms with Crippen molar-refractivity contribution in [1.29, 1.82) is 0 Å². The van der Waals surface area contributed by atoms with Gasteiger partial charge in [-0.25, -0.2) is 0 Å². The Morgan fingerprint density at radius 3 is 2.41 bits per heavy atom. The van der Waals surface area contributed by atoms with Gasteiger partial charge >= 0.3 is 0 Å². The molecule has 112 valence electrons. The number of thioether (sulfide) groups is 1. The SMILES string of the molecule is O=S(CCSc1nnnn1-c1ccccc1)c1ccccc1. The molecule has 0 saturated carbocycles. The third-order valence-corrected chi connectivity index (χ3v) is 5.50. The van der Waals surface area contributed by atoms with Gasteiger partial charge in [-0.15, -0.1) is 5.10 Å². The summed E-state index contributed by atoms with van der Waals surface area (Å²) >= 11 is 1.51. The average Bonchev–Trinajstić information content (AvgIpc) is 3.05. The minimum absolute atomic E-state index is 0.566. The summed E-state index contributed by atoms with van der Waals surface area (Å²) in [6.07, 6.45) is 0. The van der Waals surface area contributed by atoms with Crippen LogP contribution in [0.1, 0.15) is 0 Å². The first-order chi connectivity index (χ1) is 10.8. The van der Waals surface area contributed by atoms with Gasteiger partial charge in [-0.3, -0.25) is 4.21 Å². The summed E-state index contributed by atoms with van der Waals surface area (Å²) < 4.78 is 13.9. The smallest absolute Gasteiger partial charge is 0.214 e. The first-order valence-corrected chi connectivity index (χ1v) is 9.05. The molecule has 1 heterocycles. The van der Waals surface area contributed by atoms with Crippen LogP contribution in [0.15, 0.2) is 70.7 Å². The second kappa shape index (κ2) is 7.33. The van der Waals surface area contributed by atoms with Crippen LogP contribution in [-0.4, -0.2) is 35.9 Å². The number of hydrogen-bond donors (Lipinski definition) is 0. The second-order valence-electron chi connectivity index (χ2n) is 4.42. The predicted molar refractivity (Wildman–Crippen MR) is 87.6 cm³/mol. The fourth-order valence-electron chi connectivity index (χ4n) is 1.90. The largest absolute Gasteiger partial charge is 0.254 e. The lowest BCUT2D eigenvalue weighted by Crippen LogP contribution is -2.03. The van der Waals surface area contributed by atoms with E-state index in [9.17, 15) is 4.21 Å². The summed E-state index contributed by atoms with van der Waals surface area (Å²) in [5, 5.41) is 12.5. The summed E-state index contributed by atoms with van der Waals surface area (Å²) in [6.45, 7) is 0. The number of nitrogens with zero attached hydrogens (tertiary/aromatic N) is 4. The van der Waals surface area contributed by atoms with Crippen molar-refractivity contribution in [3.8, 4) is 5.69 Å². The fraction of sp³-hybridized carbons (Fsp3) is 0.133. The van der Waals surface area contributed by atoms with E-state index in [2.05, 4.69) is 15.5 Å². The maximum absolute atomic E-state index is 12.2. The van der Waals surface area contributed by atoms with Gasteiger partial charge in [-0.1, -0.05) is 48.2 Å². The zero-order valence-corrected chi connectivity index (χ0v) is 13.3. The number of aromatic nitrogens is 4. The number of hydrogen-bond acceptors (Lipinski definition) is 5. The lowest BCUT2D eigenvalue weighted by molar-refractivity contribution is 0.684.